The number of anilines is 2. The number of phenolic OH excluding ortho intramolecular Hbond substituents is 2. The molecular formula is C14H14ClNO2. The van der Waals surface area contributed by atoms with Gasteiger partial charge < -0.3 is 15.5 Å². The first kappa shape index (κ1) is 12.6. The highest BCUT2D eigenvalue weighted by atomic mass is 35.5. The molecule has 3 nitrogen and oxygen atoms in total. The van der Waals surface area contributed by atoms with Crippen LogP contribution in [0.3, 0.4) is 0 Å². The number of phenols is 2. The third-order valence-electron chi connectivity index (χ3n) is 2.87. The monoisotopic (exact) mass is 263 g/mol. The summed E-state index contributed by atoms with van der Waals surface area (Å²) < 4.78 is 0. The highest BCUT2D eigenvalue weighted by molar-refractivity contribution is 6.32. The van der Waals surface area contributed by atoms with Crippen LogP contribution in [0.25, 0.3) is 0 Å². The maximum atomic E-state index is 9.86. The van der Waals surface area contributed by atoms with E-state index in [1.54, 1.807) is 24.3 Å². The predicted molar refractivity (Wildman–Crippen MR) is 74.0 cm³/mol. The molecule has 0 radical (unpaired) electrons. The summed E-state index contributed by atoms with van der Waals surface area (Å²) in [5.41, 5.74) is 3.06. The van der Waals surface area contributed by atoms with Gasteiger partial charge in [-0.3, -0.25) is 0 Å². The van der Waals surface area contributed by atoms with Gasteiger partial charge in [0.25, 0.3) is 0 Å². The molecule has 0 amide bonds. The van der Waals surface area contributed by atoms with Gasteiger partial charge in [-0.15, -0.1) is 0 Å². The number of hydrogen-bond donors (Lipinski definition) is 3. The molecule has 0 aromatic heterocycles. The topological polar surface area (TPSA) is 52.5 Å². The zero-order valence-corrected chi connectivity index (χ0v) is 10.9. The molecule has 94 valence electrons. The van der Waals surface area contributed by atoms with E-state index in [1.165, 1.54) is 0 Å². The third kappa shape index (κ3) is 2.36. The van der Waals surface area contributed by atoms with Gasteiger partial charge >= 0.3 is 0 Å². The summed E-state index contributed by atoms with van der Waals surface area (Å²) in [7, 11) is 0. The summed E-state index contributed by atoms with van der Waals surface area (Å²) >= 11 is 5.82. The summed E-state index contributed by atoms with van der Waals surface area (Å²) in [6.45, 7) is 3.88. The quantitative estimate of drug-likeness (QED) is 0.715. The van der Waals surface area contributed by atoms with Gasteiger partial charge in [0, 0.05) is 0 Å². The van der Waals surface area contributed by atoms with Crippen molar-refractivity contribution in [1.29, 1.82) is 0 Å². The fourth-order valence-electron chi connectivity index (χ4n) is 1.66. The van der Waals surface area contributed by atoms with Gasteiger partial charge in [-0.1, -0.05) is 17.7 Å². The molecule has 0 fully saturated rings. The van der Waals surface area contributed by atoms with E-state index in [2.05, 4.69) is 5.32 Å². The molecule has 2 aromatic carbocycles. The number of aromatic hydroxyl groups is 2. The Morgan fingerprint density at radius 1 is 1.00 bits per heavy atom. The lowest BCUT2D eigenvalue weighted by Gasteiger charge is -2.12. The maximum Gasteiger partial charge on any atom is 0.157 e. The summed E-state index contributed by atoms with van der Waals surface area (Å²) in [6.07, 6.45) is 0. The molecule has 4 heteroatoms. The van der Waals surface area contributed by atoms with Crippen LogP contribution in [0.15, 0.2) is 30.3 Å². The van der Waals surface area contributed by atoms with Crippen molar-refractivity contribution in [2.24, 2.45) is 0 Å². The molecule has 0 aliphatic heterocycles. The molecule has 18 heavy (non-hydrogen) atoms. The number of benzene rings is 2. The normalized spacial score (nSPS) is 10.4. The Morgan fingerprint density at radius 3 is 2.39 bits per heavy atom. The predicted octanol–water partition coefficient (Wildman–Crippen LogP) is 4.11. The molecule has 2 aromatic rings. The van der Waals surface area contributed by atoms with Gasteiger partial charge in [0.05, 0.1) is 16.4 Å². The lowest BCUT2D eigenvalue weighted by Crippen LogP contribution is -1.93. The Balaban J connectivity index is 2.40. The van der Waals surface area contributed by atoms with Crippen LogP contribution in [-0.4, -0.2) is 10.2 Å². The number of rotatable bonds is 2. The third-order valence-corrected chi connectivity index (χ3v) is 3.17. The highest BCUT2D eigenvalue weighted by Crippen LogP contribution is 2.36. The molecule has 0 saturated carbocycles. The summed E-state index contributed by atoms with van der Waals surface area (Å²) in [4.78, 5) is 0. The lowest BCUT2D eigenvalue weighted by molar-refractivity contribution is 0.475. The van der Waals surface area contributed by atoms with Crippen LogP contribution in [0.2, 0.25) is 5.02 Å². The van der Waals surface area contributed by atoms with E-state index < -0.39 is 0 Å². The average molecular weight is 264 g/mol. The minimum absolute atomic E-state index is 0.0307. The van der Waals surface area contributed by atoms with Crippen molar-refractivity contribution >= 4 is 23.0 Å². The van der Waals surface area contributed by atoms with E-state index in [0.29, 0.717) is 11.4 Å². The van der Waals surface area contributed by atoms with Crippen molar-refractivity contribution in [3.8, 4) is 11.5 Å². The molecule has 0 saturated heterocycles. The van der Waals surface area contributed by atoms with Gasteiger partial charge in [-0.05, 0) is 49.2 Å². The minimum Gasteiger partial charge on any atom is -0.506 e. The first-order valence-electron chi connectivity index (χ1n) is 5.53. The second kappa shape index (κ2) is 4.78. The largest absolute Gasteiger partial charge is 0.506 e. The van der Waals surface area contributed by atoms with Crippen molar-refractivity contribution in [2.75, 3.05) is 5.32 Å². The Labute approximate surface area is 111 Å². The molecule has 0 aliphatic carbocycles. The Kier molecular flexibility index (Phi) is 3.34. The molecule has 2 rings (SSSR count). The number of aryl methyl sites for hydroxylation is 2. The van der Waals surface area contributed by atoms with Gasteiger partial charge in [-0.2, -0.15) is 0 Å². The zero-order valence-electron chi connectivity index (χ0n) is 10.2. The fourth-order valence-corrected chi connectivity index (χ4v) is 1.84. The molecule has 0 bridgehead atoms. The van der Waals surface area contributed by atoms with Crippen molar-refractivity contribution in [3.63, 3.8) is 0 Å². The second-order valence-electron chi connectivity index (χ2n) is 4.21. The Morgan fingerprint density at radius 2 is 1.67 bits per heavy atom. The van der Waals surface area contributed by atoms with Crippen molar-refractivity contribution in [1.82, 2.24) is 0 Å². The molecule has 3 N–H and O–H groups in total. The van der Waals surface area contributed by atoms with Crippen LogP contribution in [0, 0.1) is 13.8 Å². The van der Waals surface area contributed by atoms with E-state index in [4.69, 9.17) is 11.6 Å². The van der Waals surface area contributed by atoms with Crippen LogP contribution in [0.4, 0.5) is 11.4 Å². The summed E-state index contributed by atoms with van der Waals surface area (Å²) in [5, 5.41) is 22.9. The number of nitrogens with one attached hydrogen (secondary N) is 1. The Hall–Kier alpha value is -1.87. The van der Waals surface area contributed by atoms with Crippen LogP contribution < -0.4 is 5.32 Å². The van der Waals surface area contributed by atoms with Crippen molar-refractivity contribution in [2.45, 2.75) is 13.8 Å². The summed E-state index contributed by atoms with van der Waals surface area (Å²) in [5.74, 6) is 0.106. The first-order valence-corrected chi connectivity index (χ1v) is 5.91. The molecular weight excluding hydrogens is 250 g/mol. The SMILES string of the molecule is Cc1cc(O)c(Nc2cccc(Cl)c2O)cc1C. The van der Waals surface area contributed by atoms with Crippen LogP contribution in [-0.2, 0) is 0 Å². The zero-order chi connectivity index (χ0) is 13.3. The van der Waals surface area contributed by atoms with Gasteiger partial charge in [0.2, 0.25) is 0 Å². The van der Waals surface area contributed by atoms with E-state index in [1.807, 2.05) is 19.9 Å². The number of para-hydroxylation sites is 1. The van der Waals surface area contributed by atoms with E-state index in [0.717, 1.165) is 11.1 Å². The smallest absolute Gasteiger partial charge is 0.157 e. The molecule has 0 heterocycles. The molecule has 0 atom stereocenters. The summed E-state index contributed by atoms with van der Waals surface area (Å²) in [6, 6.07) is 8.52. The van der Waals surface area contributed by atoms with Crippen LogP contribution >= 0.6 is 11.6 Å². The van der Waals surface area contributed by atoms with Crippen LogP contribution in [0.1, 0.15) is 11.1 Å². The van der Waals surface area contributed by atoms with Gasteiger partial charge in [0.1, 0.15) is 5.75 Å². The average Bonchev–Trinajstić information content (AvgIpc) is 2.32. The molecule has 0 aliphatic rings. The minimum atomic E-state index is -0.0307. The standard InChI is InChI=1S/C14H14ClNO2/c1-8-6-12(13(17)7-9(8)2)16-11-5-3-4-10(15)14(11)18/h3-7,16-18H,1-2H3. The fraction of sp³-hybridized carbons (Fsp3) is 0.143. The number of hydrogen-bond acceptors (Lipinski definition) is 3. The Bertz CT molecular complexity index is 597. The van der Waals surface area contributed by atoms with Crippen LogP contribution in [0.5, 0.6) is 11.5 Å². The number of halogens is 1. The second-order valence-corrected chi connectivity index (χ2v) is 4.62. The maximum absolute atomic E-state index is 9.86. The first-order chi connectivity index (χ1) is 8.49. The van der Waals surface area contributed by atoms with E-state index >= 15 is 0 Å². The van der Waals surface area contributed by atoms with Gasteiger partial charge in [0.15, 0.2) is 5.75 Å². The molecule has 0 unspecified atom stereocenters. The van der Waals surface area contributed by atoms with Crippen molar-refractivity contribution in [3.05, 3.63) is 46.5 Å². The van der Waals surface area contributed by atoms with E-state index in [9.17, 15) is 10.2 Å². The molecule has 0 spiro atoms. The lowest BCUT2D eigenvalue weighted by atomic mass is 10.1. The highest BCUT2D eigenvalue weighted by Gasteiger charge is 2.09. The van der Waals surface area contributed by atoms with Gasteiger partial charge in [-0.25, -0.2) is 0 Å². The van der Waals surface area contributed by atoms with Crippen molar-refractivity contribution < 1.29 is 10.2 Å². The van der Waals surface area contributed by atoms with E-state index in [-0.39, 0.29) is 16.5 Å².